The Hall–Kier alpha value is -1.82. The zero-order valence-corrected chi connectivity index (χ0v) is 13.4. The Morgan fingerprint density at radius 3 is 2.95 bits per heavy atom. The first-order chi connectivity index (χ1) is 10.6. The second-order valence-corrected chi connectivity index (χ2v) is 6.17. The molecular weight excluding hydrogens is 278 g/mol. The molecule has 6 nitrogen and oxygen atoms in total. The van der Waals surface area contributed by atoms with Crippen LogP contribution in [0.2, 0.25) is 0 Å². The lowest BCUT2D eigenvalue weighted by Crippen LogP contribution is -2.41. The van der Waals surface area contributed by atoms with E-state index in [0.717, 1.165) is 31.1 Å². The Morgan fingerprint density at radius 1 is 1.50 bits per heavy atom. The number of hydrogen-bond acceptors (Lipinski definition) is 4. The lowest BCUT2D eigenvalue weighted by Gasteiger charge is -2.32. The van der Waals surface area contributed by atoms with Gasteiger partial charge in [0.1, 0.15) is 5.82 Å². The number of anilines is 1. The van der Waals surface area contributed by atoms with Crippen LogP contribution in [0.25, 0.3) is 0 Å². The predicted molar refractivity (Wildman–Crippen MR) is 88.0 cm³/mol. The Morgan fingerprint density at radius 2 is 2.32 bits per heavy atom. The van der Waals surface area contributed by atoms with E-state index in [0.29, 0.717) is 18.5 Å². The van der Waals surface area contributed by atoms with Crippen LogP contribution >= 0.6 is 0 Å². The summed E-state index contributed by atoms with van der Waals surface area (Å²) in [6.07, 6.45) is 4.60. The van der Waals surface area contributed by atoms with Gasteiger partial charge in [-0.05, 0) is 31.4 Å². The number of morpholine rings is 1. The molecule has 120 valence electrons. The van der Waals surface area contributed by atoms with Crippen LogP contribution in [0.3, 0.4) is 0 Å². The first-order valence-electron chi connectivity index (χ1n) is 7.97. The standard InChI is InChI=1S/C16H25N5O/c1-12-11-21(7-8-22-12)15-6-3-13(9-18-15)10-19-16(17)20(2)14-4-5-14/h3,6,9,12,14H,4-5,7-8,10-11H2,1-2H3,(H2,17,19). The normalized spacial score (nSPS) is 22.7. The van der Waals surface area contributed by atoms with Crippen LogP contribution in [-0.2, 0) is 11.3 Å². The van der Waals surface area contributed by atoms with Gasteiger partial charge in [0.15, 0.2) is 5.96 Å². The Balaban J connectivity index is 1.58. The molecule has 1 saturated carbocycles. The lowest BCUT2D eigenvalue weighted by atomic mass is 10.2. The number of nitrogens with zero attached hydrogens (tertiary/aromatic N) is 4. The summed E-state index contributed by atoms with van der Waals surface area (Å²) in [7, 11) is 2.01. The van der Waals surface area contributed by atoms with Gasteiger partial charge in [-0.1, -0.05) is 6.07 Å². The molecule has 1 aromatic heterocycles. The highest BCUT2D eigenvalue weighted by Crippen LogP contribution is 2.25. The first kappa shape index (κ1) is 15.1. The van der Waals surface area contributed by atoms with Crippen molar-refractivity contribution < 1.29 is 4.74 Å². The monoisotopic (exact) mass is 303 g/mol. The van der Waals surface area contributed by atoms with Crippen molar-refractivity contribution in [1.29, 1.82) is 0 Å². The highest BCUT2D eigenvalue weighted by molar-refractivity contribution is 5.78. The molecule has 0 radical (unpaired) electrons. The van der Waals surface area contributed by atoms with Crippen molar-refractivity contribution >= 4 is 11.8 Å². The number of aromatic nitrogens is 1. The van der Waals surface area contributed by atoms with Gasteiger partial charge in [-0.2, -0.15) is 0 Å². The number of aliphatic imine (C=N–C) groups is 1. The summed E-state index contributed by atoms with van der Waals surface area (Å²) in [5, 5.41) is 0. The minimum absolute atomic E-state index is 0.262. The molecule has 2 fully saturated rings. The molecule has 22 heavy (non-hydrogen) atoms. The molecule has 3 rings (SSSR count). The van der Waals surface area contributed by atoms with Gasteiger partial charge in [0, 0.05) is 32.4 Å². The van der Waals surface area contributed by atoms with Crippen molar-refractivity contribution in [3.8, 4) is 0 Å². The number of pyridine rings is 1. The quantitative estimate of drug-likeness (QED) is 0.669. The van der Waals surface area contributed by atoms with E-state index < -0.39 is 0 Å². The van der Waals surface area contributed by atoms with Gasteiger partial charge in [0.05, 0.1) is 19.3 Å². The maximum Gasteiger partial charge on any atom is 0.191 e. The fourth-order valence-electron chi connectivity index (χ4n) is 2.66. The summed E-state index contributed by atoms with van der Waals surface area (Å²) in [5.74, 6) is 1.62. The number of hydrogen-bond donors (Lipinski definition) is 1. The first-order valence-corrected chi connectivity index (χ1v) is 7.97. The van der Waals surface area contributed by atoms with E-state index in [-0.39, 0.29) is 6.10 Å². The summed E-state index contributed by atoms with van der Waals surface area (Å²) in [4.78, 5) is 13.3. The van der Waals surface area contributed by atoms with E-state index in [1.807, 2.05) is 13.2 Å². The summed E-state index contributed by atoms with van der Waals surface area (Å²) >= 11 is 0. The SMILES string of the molecule is CC1CN(c2ccc(CN=C(N)N(C)C3CC3)cn2)CCO1. The second-order valence-electron chi connectivity index (χ2n) is 6.17. The van der Waals surface area contributed by atoms with E-state index >= 15 is 0 Å². The molecule has 6 heteroatoms. The zero-order valence-electron chi connectivity index (χ0n) is 13.4. The van der Waals surface area contributed by atoms with Crippen molar-refractivity contribution in [1.82, 2.24) is 9.88 Å². The average Bonchev–Trinajstić information content (AvgIpc) is 3.37. The Labute approximate surface area is 132 Å². The van der Waals surface area contributed by atoms with Gasteiger partial charge in [-0.25, -0.2) is 9.98 Å². The van der Waals surface area contributed by atoms with Crippen molar-refractivity contribution in [2.24, 2.45) is 10.7 Å². The van der Waals surface area contributed by atoms with E-state index in [9.17, 15) is 0 Å². The predicted octanol–water partition coefficient (Wildman–Crippen LogP) is 1.22. The lowest BCUT2D eigenvalue weighted by molar-refractivity contribution is 0.0529. The van der Waals surface area contributed by atoms with Crippen LogP contribution in [0.15, 0.2) is 23.3 Å². The molecule has 1 saturated heterocycles. The van der Waals surface area contributed by atoms with Crippen molar-refractivity contribution in [2.45, 2.75) is 38.5 Å². The summed E-state index contributed by atoms with van der Waals surface area (Å²) in [6, 6.07) is 4.73. The van der Waals surface area contributed by atoms with E-state index in [1.54, 1.807) is 0 Å². The maximum absolute atomic E-state index is 6.00. The molecule has 1 aromatic rings. The minimum atomic E-state index is 0.262. The molecule has 2 heterocycles. The molecule has 1 atom stereocenters. The zero-order chi connectivity index (χ0) is 15.5. The highest BCUT2D eigenvalue weighted by Gasteiger charge is 2.27. The molecular formula is C16H25N5O. The number of guanidine groups is 1. The summed E-state index contributed by atoms with van der Waals surface area (Å²) in [6.45, 7) is 5.22. The van der Waals surface area contributed by atoms with Crippen molar-refractivity contribution in [2.75, 3.05) is 31.6 Å². The average molecular weight is 303 g/mol. The van der Waals surface area contributed by atoms with Crippen LogP contribution in [-0.4, -0.2) is 54.7 Å². The summed E-state index contributed by atoms with van der Waals surface area (Å²) < 4.78 is 5.56. The molecule has 2 N–H and O–H groups in total. The van der Waals surface area contributed by atoms with Crippen molar-refractivity contribution in [3.05, 3.63) is 23.9 Å². The van der Waals surface area contributed by atoms with Gasteiger partial charge in [0.25, 0.3) is 0 Å². The van der Waals surface area contributed by atoms with Crippen LogP contribution in [0.4, 0.5) is 5.82 Å². The molecule has 1 aliphatic heterocycles. The number of rotatable bonds is 4. The van der Waals surface area contributed by atoms with E-state index in [4.69, 9.17) is 10.5 Å². The van der Waals surface area contributed by atoms with Crippen molar-refractivity contribution in [3.63, 3.8) is 0 Å². The van der Waals surface area contributed by atoms with Crippen LogP contribution in [0, 0.1) is 0 Å². The second kappa shape index (κ2) is 6.52. The van der Waals surface area contributed by atoms with Crippen LogP contribution in [0.1, 0.15) is 25.3 Å². The Kier molecular flexibility index (Phi) is 4.47. The molecule has 2 aliphatic rings. The fraction of sp³-hybridized carbons (Fsp3) is 0.625. The van der Waals surface area contributed by atoms with E-state index in [2.05, 4.69) is 38.8 Å². The largest absolute Gasteiger partial charge is 0.375 e. The number of nitrogens with two attached hydrogens (primary N) is 1. The summed E-state index contributed by atoms with van der Waals surface area (Å²) in [5.41, 5.74) is 7.08. The molecule has 1 aliphatic carbocycles. The molecule has 0 bridgehead atoms. The van der Waals surface area contributed by atoms with Gasteiger partial charge in [-0.3, -0.25) is 0 Å². The smallest absolute Gasteiger partial charge is 0.191 e. The molecule has 0 amide bonds. The van der Waals surface area contributed by atoms with Crippen LogP contribution in [0.5, 0.6) is 0 Å². The van der Waals surface area contributed by atoms with Crippen LogP contribution < -0.4 is 10.6 Å². The van der Waals surface area contributed by atoms with Gasteiger partial charge < -0.3 is 20.3 Å². The third-order valence-electron chi connectivity index (χ3n) is 4.25. The van der Waals surface area contributed by atoms with Gasteiger partial charge >= 0.3 is 0 Å². The fourth-order valence-corrected chi connectivity index (χ4v) is 2.66. The molecule has 0 aromatic carbocycles. The van der Waals surface area contributed by atoms with Gasteiger partial charge in [0.2, 0.25) is 0 Å². The topological polar surface area (TPSA) is 67.0 Å². The maximum atomic E-state index is 6.00. The van der Waals surface area contributed by atoms with Gasteiger partial charge in [-0.15, -0.1) is 0 Å². The highest BCUT2D eigenvalue weighted by atomic mass is 16.5. The minimum Gasteiger partial charge on any atom is -0.375 e. The number of ether oxygens (including phenoxy) is 1. The molecule has 1 unspecified atom stereocenters. The molecule has 0 spiro atoms. The Bertz CT molecular complexity index is 526. The third kappa shape index (κ3) is 3.68. The third-order valence-corrected chi connectivity index (χ3v) is 4.25. The van der Waals surface area contributed by atoms with E-state index in [1.165, 1.54) is 12.8 Å².